The van der Waals surface area contributed by atoms with Gasteiger partial charge in [0.15, 0.2) is 0 Å². The third kappa shape index (κ3) is 4.32. The van der Waals surface area contributed by atoms with Crippen LogP contribution >= 0.6 is 11.6 Å². The van der Waals surface area contributed by atoms with E-state index in [2.05, 4.69) is 5.32 Å². The van der Waals surface area contributed by atoms with Crippen LogP contribution in [0.5, 0.6) is 0 Å². The van der Waals surface area contributed by atoms with E-state index < -0.39 is 12.1 Å². The molecule has 2 aliphatic heterocycles. The first kappa shape index (κ1) is 20.4. The molecule has 1 N–H and O–H groups in total. The molecule has 2 aromatic carbocycles. The number of benzene rings is 2. The molecule has 2 heterocycles. The molecule has 7 nitrogen and oxygen atoms in total. The molecule has 2 fully saturated rings. The first-order valence-electron chi connectivity index (χ1n) is 9.80. The third-order valence-corrected chi connectivity index (χ3v) is 5.61. The topological polar surface area (TPSA) is 79.0 Å². The molecule has 0 saturated carbocycles. The SMILES string of the molecule is O=C1N[C@@H](COCc2ccccc2)C(=O)N2CCN(C(=O)c3ccc(Cl)cc3)C[C@H]12. The number of hydrogen-bond acceptors (Lipinski definition) is 4. The van der Waals surface area contributed by atoms with E-state index in [1.165, 1.54) is 0 Å². The van der Waals surface area contributed by atoms with Crippen LogP contribution in [0.1, 0.15) is 15.9 Å². The molecule has 2 aromatic rings. The highest BCUT2D eigenvalue weighted by Gasteiger charge is 2.44. The fourth-order valence-electron chi connectivity index (χ4n) is 3.74. The van der Waals surface area contributed by atoms with Crippen LogP contribution < -0.4 is 5.32 Å². The van der Waals surface area contributed by atoms with Crippen molar-refractivity contribution in [3.63, 3.8) is 0 Å². The standard InChI is InChI=1S/C22H22ClN3O4/c23-17-8-6-16(7-9-17)21(28)25-10-11-26-19(12-25)20(27)24-18(22(26)29)14-30-13-15-4-2-1-3-5-15/h1-9,18-19H,10-14H2,(H,24,27)/t18-,19+/m0/s1. The minimum atomic E-state index is -0.712. The molecule has 8 heteroatoms. The summed E-state index contributed by atoms with van der Waals surface area (Å²) in [6, 6.07) is 14.9. The maximum atomic E-state index is 12.8. The summed E-state index contributed by atoms with van der Waals surface area (Å²) in [6.45, 7) is 1.32. The lowest BCUT2D eigenvalue weighted by Crippen LogP contribution is -2.70. The Bertz CT molecular complexity index is 935. The van der Waals surface area contributed by atoms with Gasteiger partial charge in [0.2, 0.25) is 11.8 Å². The summed E-state index contributed by atoms with van der Waals surface area (Å²) in [7, 11) is 0. The summed E-state index contributed by atoms with van der Waals surface area (Å²) in [5.74, 6) is -0.623. The van der Waals surface area contributed by atoms with Crippen molar-refractivity contribution in [3.8, 4) is 0 Å². The number of piperazine rings is 2. The van der Waals surface area contributed by atoms with Gasteiger partial charge >= 0.3 is 0 Å². The molecule has 30 heavy (non-hydrogen) atoms. The molecule has 0 aromatic heterocycles. The lowest BCUT2D eigenvalue weighted by atomic mass is 10.0. The Morgan fingerprint density at radius 3 is 2.53 bits per heavy atom. The normalized spacial score (nSPS) is 21.2. The van der Waals surface area contributed by atoms with Gasteiger partial charge in [0.05, 0.1) is 19.8 Å². The van der Waals surface area contributed by atoms with E-state index in [-0.39, 0.29) is 30.9 Å². The van der Waals surface area contributed by atoms with Gasteiger partial charge in [-0.3, -0.25) is 14.4 Å². The van der Waals surface area contributed by atoms with Crippen molar-refractivity contribution in [3.05, 3.63) is 70.7 Å². The van der Waals surface area contributed by atoms with Gasteiger partial charge in [0.25, 0.3) is 5.91 Å². The second-order valence-corrected chi connectivity index (χ2v) is 7.80. The van der Waals surface area contributed by atoms with E-state index in [0.29, 0.717) is 30.3 Å². The second kappa shape index (κ2) is 8.85. The summed E-state index contributed by atoms with van der Waals surface area (Å²) in [4.78, 5) is 41.4. The quantitative estimate of drug-likeness (QED) is 0.787. The number of halogens is 1. The maximum Gasteiger partial charge on any atom is 0.254 e. The summed E-state index contributed by atoms with van der Waals surface area (Å²) in [5, 5.41) is 3.30. The van der Waals surface area contributed by atoms with Crippen LogP contribution in [0.2, 0.25) is 5.02 Å². The Hall–Kier alpha value is -2.90. The third-order valence-electron chi connectivity index (χ3n) is 5.36. The van der Waals surface area contributed by atoms with E-state index in [4.69, 9.17) is 16.3 Å². The summed E-state index contributed by atoms with van der Waals surface area (Å²) < 4.78 is 5.65. The van der Waals surface area contributed by atoms with E-state index in [9.17, 15) is 14.4 Å². The summed E-state index contributed by atoms with van der Waals surface area (Å²) in [6.07, 6.45) is 0. The van der Waals surface area contributed by atoms with Gasteiger partial charge < -0.3 is 19.9 Å². The van der Waals surface area contributed by atoms with Crippen molar-refractivity contribution in [1.82, 2.24) is 15.1 Å². The van der Waals surface area contributed by atoms with Gasteiger partial charge in [-0.25, -0.2) is 0 Å². The molecule has 0 unspecified atom stereocenters. The number of carbonyl (C=O) groups is 3. The highest BCUT2D eigenvalue weighted by Crippen LogP contribution is 2.19. The first-order valence-corrected chi connectivity index (χ1v) is 10.2. The first-order chi connectivity index (χ1) is 14.5. The molecule has 3 amide bonds. The number of rotatable bonds is 5. The van der Waals surface area contributed by atoms with Crippen molar-refractivity contribution in [1.29, 1.82) is 0 Å². The Balaban J connectivity index is 1.35. The molecular weight excluding hydrogens is 406 g/mol. The van der Waals surface area contributed by atoms with E-state index in [1.54, 1.807) is 34.1 Å². The average Bonchev–Trinajstić information content (AvgIpc) is 2.77. The molecule has 4 rings (SSSR count). The van der Waals surface area contributed by atoms with Gasteiger partial charge in [-0.05, 0) is 29.8 Å². The van der Waals surface area contributed by atoms with Gasteiger partial charge in [0, 0.05) is 23.7 Å². The Labute approximate surface area is 179 Å². The van der Waals surface area contributed by atoms with Crippen LogP contribution in [0.4, 0.5) is 0 Å². The number of hydrogen-bond donors (Lipinski definition) is 1. The Kier molecular flexibility index (Phi) is 6.01. The molecule has 0 bridgehead atoms. The monoisotopic (exact) mass is 427 g/mol. The van der Waals surface area contributed by atoms with Gasteiger partial charge in [-0.15, -0.1) is 0 Å². The predicted octanol–water partition coefficient (Wildman–Crippen LogP) is 1.71. The van der Waals surface area contributed by atoms with Crippen LogP contribution in [0.15, 0.2) is 54.6 Å². The number of nitrogens with zero attached hydrogens (tertiary/aromatic N) is 2. The number of carbonyl (C=O) groups excluding carboxylic acids is 3. The molecule has 0 spiro atoms. The molecule has 0 aliphatic carbocycles. The highest BCUT2D eigenvalue weighted by atomic mass is 35.5. The molecule has 0 radical (unpaired) electrons. The Morgan fingerprint density at radius 1 is 1.07 bits per heavy atom. The zero-order valence-corrected chi connectivity index (χ0v) is 17.0. The van der Waals surface area contributed by atoms with Crippen LogP contribution in [0, 0.1) is 0 Å². The summed E-state index contributed by atoms with van der Waals surface area (Å²) >= 11 is 5.88. The molecule has 2 saturated heterocycles. The van der Waals surface area contributed by atoms with Crippen LogP contribution in [-0.4, -0.2) is 65.8 Å². The van der Waals surface area contributed by atoms with Crippen LogP contribution in [0.25, 0.3) is 0 Å². The fourth-order valence-corrected chi connectivity index (χ4v) is 3.87. The number of fused-ring (bicyclic) bond motifs is 1. The number of amides is 3. The smallest absolute Gasteiger partial charge is 0.254 e. The van der Waals surface area contributed by atoms with Crippen LogP contribution in [0.3, 0.4) is 0 Å². The number of nitrogens with one attached hydrogen (secondary N) is 1. The largest absolute Gasteiger partial charge is 0.374 e. The van der Waals surface area contributed by atoms with Crippen molar-refractivity contribution in [2.24, 2.45) is 0 Å². The average molecular weight is 428 g/mol. The van der Waals surface area contributed by atoms with Gasteiger partial charge in [-0.2, -0.15) is 0 Å². The molecule has 2 atom stereocenters. The predicted molar refractivity (Wildman–Crippen MR) is 111 cm³/mol. The number of ether oxygens (including phenoxy) is 1. The van der Waals surface area contributed by atoms with Crippen LogP contribution in [-0.2, 0) is 20.9 Å². The summed E-state index contributed by atoms with van der Waals surface area (Å²) in [5.41, 5.74) is 1.50. The molecule has 2 aliphatic rings. The minimum absolute atomic E-state index is 0.107. The Morgan fingerprint density at radius 2 is 1.80 bits per heavy atom. The van der Waals surface area contributed by atoms with Gasteiger partial charge in [0.1, 0.15) is 12.1 Å². The van der Waals surface area contributed by atoms with Crippen molar-refractivity contribution in [2.45, 2.75) is 18.7 Å². The molecular formula is C22H22ClN3O4. The zero-order valence-electron chi connectivity index (χ0n) is 16.3. The fraction of sp³-hybridized carbons (Fsp3) is 0.318. The molecule has 156 valence electrons. The van der Waals surface area contributed by atoms with Gasteiger partial charge in [-0.1, -0.05) is 41.9 Å². The second-order valence-electron chi connectivity index (χ2n) is 7.37. The van der Waals surface area contributed by atoms with E-state index >= 15 is 0 Å². The highest BCUT2D eigenvalue weighted by molar-refractivity contribution is 6.30. The lowest BCUT2D eigenvalue weighted by Gasteiger charge is -2.45. The van der Waals surface area contributed by atoms with E-state index in [1.807, 2.05) is 30.3 Å². The zero-order chi connectivity index (χ0) is 21.1. The van der Waals surface area contributed by atoms with Crippen molar-refractivity contribution in [2.75, 3.05) is 26.2 Å². The van der Waals surface area contributed by atoms with Crippen molar-refractivity contribution < 1.29 is 19.1 Å². The van der Waals surface area contributed by atoms with Crippen molar-refractivity contribution >= 4 is 29.3 Å². The minimum Gasteiger partial charge on any atom is -0.374 e. The lowest BCUT2D eigenvalue weighted by molar-refractivity contribution is -0.154. The van der Waals surface area contributed by atoms with E-state index in [0.717, 1.165) is 5.56 Å². The maximum absolute atomic E-state index is 12.8.